The van der Waals surface area contributed by atoms with Crippen LogP contribution in [-0.2, 0) is 13.2 Å². The third-order valence-electron chi connectivity index (χ3n) is 2.95. The van der Waals surface area contributed by atoms with E-state index in [4.69, 9.17) is 9.47 Å². The molecular weight excluding hydrogens is 282 g/mol. The standard InChI is InChI=1S/C17H23NO2S/c1-3-11-19-16-7-5-6-8-17(16)20-13-15-10-9-14(21-15)12-18-4-2/h5-10,18H,3-4,11-13H2,1-2H3. The molecule has 0 saturated carbocycles. The van der Waals surface area contributed by atoms with Crippen LogP contribution >= 0.6 is 11.3 Å². The molecule has 0 saturated heterocycles. The summed E-state index contributed by atoms with van der Waals surface area (Å²) < 4.78 is 11.6. The van der Waals surface area contributed by atoms with Gasteiger partial charge in [0.05, 0.1) is 6.61 Å². The number of rotatable bonds is 9. The van der Waals surface area contributed by atoms with Gasteiger partial charge in [-0.1, -0.05) is 26.0 Å². The van der Waals surface area contributed by atoms with E-state index < -0.39 is 0 Å². The number of hydrogen-bond acceptors (Lipinski definition) is 4. The molecule has 0 spiro atoms. The smallest absolute Gasteiger partial charge is 0.161 e. The molecule has 0 fully saturated rings. The maximum atomic E-state index is 5.90. The summed E-state index contributed by atoms with van der Waals surface area (Å²) >= 11 is 1.79. The van der Waals surface area contributed by atoms with E-state index in [1.807, 2.05) is 24.3 Å². The van der Waals surface area contributed by atoms with Gasteiger partial charge >= 0.3 is 0 Å². The van der Waals surface area contributed by atoms with Crippen molar-refractivity contribution in [1.29, 1.82) is 0 Å². The predicted molar refractivity (Wildman–Crippen MR) is 88.3 cm³/mol. The number of benzene rings is 1. The van der Waals surface area contributed by atoms with Crippen molar-refractivity contribution in [1.82, 2.24) is 5.32 Å². The van der Waals surface area contributed by atoms with E-state index in [0.717, 1.165) is 31.0 Å². The third-order valence-corrected chi connectivity index (χ3v) is 4.01. The van der Waals surface area contributed by atoms with Gasteiger partial charge in [0.25, 0.3) is 0 Å². The minimum absolute atomic E-state index is 0.587. The van der Waals surface area contributed by atoms with E-state index in [9.17, 15) is 0 Å². The number of para-hydroxylation sites is 2. The van der Waals surface area contributed by atoms with Crippen LogP contribution in [0.4, 0.5) is 0 Å². The molecule has 0 bridgehead atoms. The Kier molecular flexibility index (Phi) is 6.57. The normalized spacial score (nSPS) is 10.6. The molecule has 1 heterocycles. The molecule has 1 aromatic carbocycles. The molecular formula is C17H23NO2S. The summed E-state index contributed by atoms with van der Waals surface area (Å²) in [6.07, 6.45) is 0.993. The molecule has 3 nitrogen and oxygen atoms in total. The van der Waals surface area contributed by atoms with Crippen LogP contribution in [0.2, 0.25) is 0 Å². The highest BCUT2D eigenvalue weighted by Crippen LogP contribution is 2.28. The van der Waals surface area contributed by atoms with Gasteiger partial charge in [-0.25, -0.2) is 0 Å². The van der Waals surface area contributed by atoms with Crippen molar-refractivity contribution in [2.45, 2.75) is 33.4 Å². The fraction of sp³-hybridized carbons (Fsp3) is 0.412. The predicted octanol–water partition coefficient (Wildman–Crippen LogP) is 4.23. The first kappa shape index (κ1) is 15.9. The SMILES string of the molecule is CCCOc1ccccc1OCc1ccc(CNCC)s1. The van der Waals surface area contributed by atoms with Crippen molar-refractivity contribution in [3.8, 4) is 11.5 Å². The van der Waals surface area contributed by atoms with Crippen LogP contribution in [0.25, 0.3) is 0 Å². The molecule has 0 radical (unpaired) electrons. The highest BCUT2D eigenvalue weighted by molar-refractivity contribution is 7.11. The Morgan fingerprint density at radius 3 is 2.38 bits per heavy atom. The third kappa shape index (κ3) is 5.06. The molecule has 1 aromatic heterocycles. The maximum absolute atomic E-state index is 5.90. The molecule has 2 rings (SSSR count). The van der Waals surface area contributed by atoms with Crippen LogP contribution in [0.3, 0.4) is 0 Å². The molecule has 0 unspecified atom stereocenters. The number of ether oxygens (including phenoxy) is 2. The van der Waals surface area contributed by atoms with Crippen molar-refractivity contribution in [2.75, 3.05) is 13.2 Å². The number of nitrogens with one attached hydrogen (secondary N) is 1. The summed E-state index contributed by atoms with van der Waals surface area (Å²) in [5, 5.41) is 3.33. The maximum Gasteiger partial charge on any atom is 0.161 e. The van der Waals surface area contributed by atoms with E-state index in [1.165, 1.54) is 9.75 Å². The fourth-order valence-corrected chi connectivity index (χ4v) is 2.79. The quantitative estimate of drug-likeness (QED) is 0.752. The Labute approximate surface area is 130 Å². The minimum atomic E-state index is 0.587. The second-order valence-electron chi connectivity index (χ2n) is 4.73. The zero-order valence-corrected chi connectivity index (χ0v) is 13.5. The fourth-order valence-electron chi connectivity index (χ4n) is 1.89. The van der Waals surface area contributed by atoms with Crippen LogP contribution in [0, 0.1) is 0 Å². The first-order chi connectivity index (χ1) is 10.3. The second-order valence-corrected chi connectivity index (χ2v) is 5.99. The molecule has 0 aliphatic carbocycles. The van der Waals surface area contributed by atoms with Crippen LogP contribution < -0.4 is 14.8 Å². The van der Waals surface area contributed by atoms with Crippen molar-refractivity contribution >= 4 is 11.3 Å². The molecule has 2 aromatic rings. The van der Waals surface area contributed by atoms with Gasteiger partial charge in [0.2, 0.25) is 0 Å². The van der Waals surface area contributed by atoms with Crippen molar-refractivity contribution in [2.24, 2.45) is 0 Å². The van der Waals surface area contributed by atoms with Gasteiger partial charge < -0.3 is 14.8 Å². The van der Waals surface area contributed by atoms with Gasteiger partial charge in [0, 0.05) is 16.3 Å². The Bertz CT molecular complexity index is 539. The summed E-state index contributed by atoms with van der Waals surface area (Å²) in [6.45, 7) is 7.44. The van der Waals surface area contributed by atoms with E-state index in [1.54, 1.807) is 11.3 Å². The molecule has 0 amide bonds. The largest absolute Gasteiger partial charge is 0.490 e. The average molecular weight is 305 g/mol. The van der Waals surface area contributed by atoms with Crippen LogP contribution in [0.5, 0.6) is 11.5 Å². The lowest BCUT2D eigenvalue weighted by Gasteiger charge is -2.11. The van der Waals surface area contributed by atoms with Crippen LogP contribution in [-0.4, -0.2) is 13.2 Å². The summed E-state index contributed by atoms with van der Waals surface area (Å²) in [5.74, 6) is 1.64. The number of hydrogen-bond donors (Lipinski definition) is 1. The zero-order valence-electron chi connectivity index (χ0n) is 12.7. The molecule has 4 heteroatoms. The zero-order chi connectivity index (χ0) is 14.9. The Hall–Kier alpha value is -1.52. The molecule has 1 N–H and O–H groups in total. The summed E-state index contributed by atoms with van der Waals surface area (Å²) in [6, 6.07) is 12.1. The highest BCUT2D eigenvalue weighted by Gasteiger charge is 2.06. The molecule has 0 aliphatic heterocycles. The minimum Gasteiger partial charge on any atom is -0.490 e. The monoisotopic (exact) mass is 305 g/mol. The first-order valence-corrected chi connectivity index (χ1v) is 8.28. The summed E-state index contributed by atoms with van der Waals surface area (Å²) in [7, 11) is 0. The Morgan fingerprint density at radius 2 is 1.67 bits per heavy atom. The van der Waals surface area contributed by atoms with Gasteiger partial charge in [-0.15, -0.1) is 11.3 Å². The van der Waals surface area contributed by atoms with Crippen molar-refractivity contribution in [3.05, 3.63) is 46.2 Å². The second kappa shape index (κ2) is 8.70. The number of thiophene rings is 1. The van der Waals surface area contributed by atoms with Crippen molar-refractivity contribution < 1.29 is 9.47 Å². The van der Waals surface area contributed by atoms with E-state index in [-0.39, 0.29) is 0 Å². The van der Waals surface area contributed by atoms with Gasteiger partial charge in [-0.05, 0) is 37.2 Å². The van der Waals surface area contributed by atoms with Crippen molar-refractivity contribution in [3.63, 3.8) is 0 Å². The van der Waals surface area contributed by atoms with E-state index in [0.29, 0.717) is 13.2 Å². The lowest BCUT2D eigenvalue weighted by molar-refractivity contribution is 0.263. The lowest BCUT2D eigenvalue weighted by atomic mass is 10.3. The molecule has 21 heavy (non-hydrogen) atoms. The summed E-state index contributed by atoms with van der Waals surface area (Å²) in [5.41, 5.74) is 0. The van der Waals surface area contributed by atoms with Gasteiger partial charge in [-0.2, -0.15) is 0 Å². The van der Waals surface area contributed by atoms with Gasteiger partial charge in [-0.3, -0.25) is 0 Å². The molecule has 0 atom stereocenters. The highest BCUT2D eigenvalue weighted by atomic mass is 32.1. The average Bonchev–Trinajstić information content (AvgIpc) is 2.97. The van der Waals surface area contributed by atoms with Crippen LogP contribution in [0.1, 0.15) is 30.0 Å². The summed E-state index contributed by atoms with van der Waals surface area (Å²) in [4.78, 5) is 2.57. The topological polar surface area (TPSA) is 30.5 Å². The van der Waals surface area contributed by atoms with E-state index in [2.05, 4.69) is 31.3 Å². The van der Waals surface area contributed by atoms with Gasteiger partial charge in [0.1, 0.15) is 6.61 Å². The lowest BCUT2D eigenvalue weighted by Crippen LogP contribution is -2.10. The Balaban J connectivity index is 1.91. The van der Waals surface area contributed by atoms with E-state index >= 15 is 0 Å². The molecule has 0 aliphatic rings. The van der Waals surface area contributed by atoms with Gasteiger partial charge in [0.15, 0.2) is 11.5 Å². The molecule has 114 valence electrons. The Morgan fingerprint density at radius 1 is 0.952 bits per heavy atom. The first-order valence-electron chi connectivity index (χ1n) is 7.46. The van der Waals surface area contributed by atoms with Crippen LogP contribution in [0.15, 0.2) is 36.4 Å².